The lowest BCUT2D eigenvalue weighted by Crippen LogP contribution is -2.63. The molecule has 7 heteroatoms. The van der Waals surface area contributed by atoms with Crippen molar-refractivity contribution in [3.63, 3.8) is 0 Å². The molecule has 0 aromatic heterocycles. The highest BCUT2D eigenvalue weighted by atomic mass is 16.6. The molecule has 1 unspecified atom stereocenters. The summed E-state index contributed by atoms with van der Waals surface area (Å²) in [7, 11) is 1.23. The van der Waals surface area contributed by atoms with E-state index >= 15 is 0 Å². The van der Waals surface area contributed by atoms with Crippen molar-refractivity contribution in [3.8, 4) is 0 Å². The third-order valence-corrected chi connectivity index (χ3v) is 4.98. The smallest absolute Gasteiger partial charge is 0.337 e. The highest BCUT2D eigenvalue weighted by Crippen LogP contribution is 2.50. The van der Waals surface area contributed by atoms with Crippen LogP contribution in [0.2, 0.25) is 0 Å². The fraction of sp³-hybridized carbons (Fsp3) is 0.867. The Morgan fingerprint density at radius 3 is 2.73 bits per heavy atom. The van der Waals surface area contributed by atoms with Gasteiger partial charge in [-0.05, 0) is 26.2 Å². The molecule has 0 saturated carbocycles. The van der Waals surface area contributed by atoms with Gasteiger partial charge in [0.1, 0.15) is 11.8 Å². The van der Waals surface area contributed by atoms with E-state index in [1.807, 2.05) is 6.92 Å². The topological polar surface area (TPSA) is 96.3 Å². The van der Waals surface area contributed by atoms with Gasteiger partial charge in [-0.3, -0.25) is 9.69 Å². The summed E-state index contributed by atoms with van der Waals surface area (Å²) in [6.07, 6.45) is 1.94. The molecule has 7 nitrogen and oxygen atoms in total. The molecule has 2 N–H and O–H groups in total. The summed E-state index contributed by atoms with van der Waals surface area (Å²) in [6, 6.07) is 0. The predicted octanol–water partition coefficient (Wildman–Crippen LogP) is 0.0365. The average Bonchev–Trinajstić information content (AvgIpc) is 2.95. The summed E-state index contributed by atoms with van der Waals surface area (Å²) in [5.74, 6) is -1.88. The second-order valence-corrected chi connectivity index (χ2v) is 6.18. The van der Waals surface area contributed by atoms with Crippen LogP contribution in [0.15, 0.2) is 0 Å². The molecular formula is C15H25NO6. The fourth-order valence-electron chi connectivity index (χ4n) is 3.68. The van der Waals surface area contributed by atoms with Gasteiger partial charge in [-0.1, -0.05) is 13.3 Å². The number of carbonyl (C=O) groups is 2. The summed E-state index contributed by atoms with van der Waals surface area (Å²) in [5, 5.41) is 20.2. The molecule has 0 bridgehead atoms. The Balaban J connectivity index is 2.44. The summed E-state index contributed by atoms with van der Waals surface area (Å²) < 4.78 is 10.5. The Kier molecular flexibility index (Phi) is 4.79. The molecule has 2 aliphatic rings. The van der Waals surface area contributed by atoms with E-state index in [4.69, 9.17) is 9.47 Å². The van der Waals surface area contributed by atoms with Gasteiger partial charge in [-0.2, -0.15) is 0 Å². The number of ether oxygens (including phenoxy) is 2. The van der Waals surface area contributed by atoms with Crippen LogP contribution in [-0.2, 0) is 19.1 Å². The summed E-state index contributed by atoms with van der Waals surface area (Å²) in [5.41, 5.74) is -3.18. The Hall–Kier alpha value is -1.18. The first kappa shape index (κ1) is 17.2. The van der Waals surface area contributed by atoms with Gasteiger partial charge in [-0.25, -0.2) is 4.79 Å². The third-order valence-electron chi connectivity index (χ3n) is 4.98. The molecule has 2 rings (SSSR count). The highest BCUT2D eigenvalue weighted by molar-refractivity contribution is 5.96. The Labute approximate surface area is 130 Å². The molecular weight excluding hydrogens is 290 g/mol. The zero-order valence-electron chi connectivity index (χ0n) is 13.4. The van der Waals surface area contributed by atoms with Crippen molar-refractivity contribution in [1.82, 2.24) is 4.90 Å². The molecule has 0 spiro atoms. The number of hydrogen-bond acceptors (Lipinski definition) is 6. The van der Waals surface area contributed by atoms with Gasteiger partial charge in [0.05, 0.1) is 19.6 Å². The summed E-state index contributed by atoms with van der Waals surface area (Å²) >= 11 is 0. The van der Waals surface area contributed by atoms with Gasteiger partial charge in [0, 0.05) is 6.61 Å². The first-order valence-electron chi connectivity index (χ1n) is 7.74. The van der Waals surface area contributed by atoms with Crippen molar-refractivity contribution < 1.29 is 29.3 Å². The number of unbranched alkanes of at least 4 members (excludes halogenated alkanes) is 1. The number of rotatable bonds is 6. The molecule has 0 aromatic carbocycles. The Bertz CT molecular complexity index is 451. The Morgan fingerprint density at radius 2 is 2.18 bits per heavy atom. The lowest BCUT2D eigenvalue weighted by Gasteiger charge is -2.38. The zero-order chi connectivity index (χ0) is 16.5. The normalized spacial score (nSPS) is 37.5. The van der Waals surface area contributed by atoms with Gasteiger partial charge >= 0.3 is 5.97 Å². The number of aliphatic hydroxyl groups is 2. The minimum atomic E-state index is -1.65. The molecule has 2 aliphatic heterocycles. The molecule has 22 heavy (non-hydrogen) atoms. The van der Waals surface area contributed by atoms with Crippen LogP contribution in [0.25, 0.3) is 0 Å². The van der Waals surface area contributed by atoms with Crippen LogP contribution in [0.1, 0.15) is 39.5 Å². The fourth-order valence-corrected chi connectivity index (χ4v) is 3.68. The van der Waals surface area contributed by atoms with Crippen LogP contribution in [0.3, 0.4) is 0 Å². The molecule has 2 fully saturated rings. The largest absolute Gasteiger partial charge is 0.467 e. The van der Waals surface area contributed by atoms with E-state index in [1.54, 1.807) is 0 Å². The first-order chi connectivity index (χ1) is 10.4. The molecule has 0 aromatic rings. The van der Waals surface area contributed by atoms with Crippen molar-refractivity contribution in [2.75, 3.05) is 20.3 Å². The maximum Gasteiger partial charge on any atom is 0.337 e. The Morgan fingerprint density at radius 1 is 1.50 bits per heavy atom. The molecule has 0 radical (unpaired) electrons. The van der Waals surface area contributed by atoms with E-state index in [2.05, 4.69) is 0 Å². The number of aliphatic hydroxyl groups excluding tert-OH is 1. The maximum absolute atomic E-state index is 12.8. The molecule has 0 aliphatic carbocycles. The first-order valence-corrected chi connectivity index (χ1v) is 7.74. The van der Waals surface area contributed by atoms with E-state index < -0.39 is 29.3 Å². The number of fused-ring (bicyclic) bond motifs is 1. The van der Waals surface area contributed by atoms with Crippen molar-refractivity contribution in [2.45, 2.75) is 56.9 Å². The number of carbonyl (C=O) groups excluding carboxylic acids is 2. The highest BCUT2D eigenvalue weighted by Gasteiger charge is 2.74. The van der Waals surface area contributed by atoms with E-state index in [0.29, 0.717) is 6.42 Å². The van der Waals surface area contributed by atoms with E-state index in [1.165, 1.54) is 18.9 Å². The number of hydrogen-bond donors (Lipinski definition) is 2. The van der Waals surface area contributed by atoms with Crippen LogP contribution in [0.4, 0.5) is 0 Å². The van der Waals surface area contributed by atoms with Crippen molar-refractivity contribution in [1.29, 1.82) is 0 Å². The van der Waals surface area contributed by atoms with Gasteiger partial charge in [0.15, 0.2) is 5.54 Å². The molecule has 2 heterocycles. The van der Waals surface area contributed by atoms with Crippen LogP contribution >= 0.6 is 0 Å². The average molecular weight is 315 g/mol. The summed E-state index contributed by atoms with van der Waals surface area (Å²) in [4.78, 5) is 26.5. The van der Waals surface area contributed by atoms with E-state index in [9.17, 15) is 19.8 Å². The standard InChI is InChI=1S/C15H25NO6/c1-4-5-6-11-16-12(18)10(7-8-17)14(2,20)15(16,9-22-11)13(19)21-3/h10-11,17,20H,4-9H2,1-3H3/t10-,11?,14-,15-/m0/s1. The monoisotopic (exact) mass is 315 g/mol. The van der Waals surface area contributed by atoms with Crippen LogP contribution in [0.5, 0.6) is 0 Å². The second kappa shape index (κ2) is 6.14. The van der Waals surface area contributed by atoms with Gasteiger partial charge in [0.25, 0.3) is 0 Å². The second-order valence-electron chi connectivity index (χ2n) is 6.18. The SMILES string of the molecule is CCCCC1OC[C@@]2(C(=O)OC)N1C(=O)[C@H](CCO)[C@]2(C)O. The molecule has 126 valence electrons. The molecule has 2 saturated heterocycles. The number of amides is 1. The lowest BCUT2D eigenvalue weighted by atomic mass is 9.76. The van der Waals surface area contributed by atoms with E-state index in [0.717, 1.165) is 12.8 Å². The van der Waals surface area contributed by atoms with Crippen molar-refractivity contribution >= 4 is 11.9 Å². The van der Waals surface area contributed by atoms with Crippen LogP contribution in [-0.4, -0.2) is 64.7 Å². The minimum absolute atomic E-state index is 0.0886. The zero-order valence-corrected chi connectivity index (χ0v) is 13.4. The minimum Gasteiger partial charge on any atom is -0.467 e. The quantitative estimate of drug-likeness (QED) is 0.672. The van der Waals surface area contributed by atoms with E-state index in [-0.39, 0.29) is 25.5 Å². The molecule has 1 amide bonds. The predicted molar refractivity (Wildman–Crippen MR) is 76.7 cm³/mol. The number of nitrogens with zero attached hydrogens (tertiary/aromatic N) is 1. The maximum atomic E-state index is 12.8. The van der Waals surface area contributed by atoms with Gasteiger partial charge < -0.3 is 19.7 Å². The summed E-state index contributed by atoms with van der Waals surface area (Å²) in [6.45, 7) is 3.15. The third kappa shape index (κ3) is 2.14. The van der Waals surface area contributed by atoms with Crippen LogP contribution < -0.4 is 0 Å². The molecule has 4 atom stereocenters. The lowest BCUT2D eigenvalue weighted by molar-refractivity contribution is -0.166. The van der Waals surface area contributed by atoms with Crippen molar-refractivity contribution in [2.24, 2.45) is 5.92 Å². The van der Waals surface area contributed by atoms with Crippen LogP contribution in [0, 0.1) is 5.92 Å². The number of methoxy groups -OCH3 is 1. The van der Waals surface area contributed by atoms with Gasteiger partial charge in [-0.15, -0.1) is 0 Å². The number of esters is 1. The van der Waals surface area contributed by atoms with Crippen molar-refractivity contribution in [3.05, 3.63) is 0 Å². The van der Waals surface area contributed by atoms with Gasteiger partial charge in [0.2, 0.25) is 5.91 Å².